The van der Waals surface area contributed by atoms with Crippen LogP contribution in [0.4, 0.5) is 0 Å². The summed E-state index contributed by atoms with van der Waals surface area (Å²) in [5, 5.41) is 2.93. The zero-order valence-electron chi connectivity index (χ0n) is 10.2. The second-order valence-electron chi connectivity index (χ2n) is 4.53. The predicted octanol–water partition coefficient (Wildman–Crippen LogP) is 1.87. The molecule has 0 aromatic heterocycles. The summed E-state index contributed by atoms with van der Waals surface area (Å²) in [6.07, 6.45) is 3.53. The maximum atomic E-state index is 11.4. The number of hydrogen-bond donors (Lipinski definition) is 1. The molecular weight excluding hydrogens is 214 g/mol. The van der Waals surface area contributed by atoms with E-state index in [1.54, 1.807) is 0 Å². The van der Waals surface area contributed by atoms with Gasteiger partial charge in [-0.25, -0.2) is 0 Å². The van der Waals surface area contributed by atoms with E-state index in [1.807, 2.05) is 0 Å². The van der Waals surface area contributed by atoms with E-state index in [2.05, 4.69) is 29.6 Å². The summed E-state index contributed by atoms with van der Waals surface area (Å²) in [4.78, 5) is 11.4. The van der Waals surface area contributed by atoms with Gasteiger partial charge in [0.15, 0.2) is 0 Å². The van der Waals surface area contributed by atoms with E-state index >= 15 is 0 Å². The van der Waals surface area contributed by atoms with E-state index < -0.39 is 0 Å². The number of carbonyl (C=O) groups is 1. The van der Waals surface area contributed by atoms with Crippen molar-refractivity contribution in [2.45, 2.75) is 25.2 Å². The Kier molecular flexibility index (Phi) is 4.15. The molecule has 1 aliphatic rings. The Morgan fingerprint density at radius 2 is 2.29 bits per heavy atom. The van der Waals surface area contributed by atoms with Crippen molar-refractivity contribution in [3.63, 3.8) is 0 Å². The quantitative estimate of drug-likeness (QED) is 0.862. The number of aryl methyl sites for hydroxylation is 1. The first-order valence-electron chi connectivity index (χ1n) is 6.14. The van der Waals surface area contributed by atoms with E-state index in [0.717, 1.165) is 13.0 Å². The molecule has 1 unspecified atom stereocenters. The van der Waals surface area contributed by atoms with Gasteiger partial charge in [-0.2, -0.15) is 0 Å². The molecular formula is C14H19NO2. The lowest BCUT2D eigenvalue weighted by molar-refractivity contribution is -0.124. The maximum Gasteiger partial charge on any atom is 0.246 e. The molecule has 17 heavy (non-hydrogen) atoms. The summed E-state index contributed by atoms with van der Waals surface area (Å²) in [7, 11) is 1.54. The highest BCUT2D eigenvalue weighted by atomic mass is 16.5. The topological polar surface area (TPSA) is 38.3 Å². The molecule has 1 atom stereocenters. The molecule has 0 heterocycles. The lowest BCUT2D eigenvalue weighted by Gasteiger charge is -2.25. The van der Waals surface area contributed by atoms with Gasteiger partial charge in [-0.05, 0) is 30.4 Å². The van der Waals surface area contributed by atoms with Gasteiger partial charge in [0, 0.05) is 19.6 Å². The Bertz CT molecular complexity index is 390. The number of nitrogens with one attached hydrogen (secondary N) is 1. The highest BCUT2D eigenvalue weighted by Crippen LogP contribution is 2.30. The van der Waals surface area contributed by atoms with E-state index in [4.69, 9.17) is 4.74 Å². The van der Waals surface area contributed by atoms with Gasteiger partial charge in [-0.15, -0.1) is 0 Å². The number of carbonyl (C=O) groups excluding carboxylic acids is 1. The molecule has 92 valence electrons. The molecule has 0 saturated heterocycles. The highest BCUT2D eigenvalue weighted by Gasteiger charge is 2.19. The zero-order valence-corrected chi connectivity index (χ0v) is 10.2. The summed E-state index contributed by atoms with van der Waals surface area (Å²) in [5.41, 5.74) is 2.83. The standard InChI is InChI=1S/C14H19NO2/c1-17-10-14(16)15-9-12-7-4-6-11-5-2-3-8-13(11)12/h2-3,5,8,12H,4,6-7,9-10H2,1H3,(H,15,16). The molecule has 0 fully saturated rings. The predicted molar refractivity (Wildman–Crippen MR) is 67.0 cm³/mol. The fraction of sp³-hybridized carbons (Fsp3) is 0.500. The van der Waals surface area contributed by atoms with Crippen LogP contribution in [0.5, 0.6) is 0 Å². The Labute approximate surface area is 102 Å². The van der Waals surface area contributed by atoms with Crippen LogP contribution in [0.15, 0.2) is 24.3 Å². The largest absolute Gasteiger partial charge is 0.375 e. The monoisotopic (exact) mass is 233 g/mol. The average Bonchev–Trinajstić information content (AvgIpc) is 2.36. The van der Waals surface area contributed by atoms with E-state index in [0.29, 0.717) is 5.92 Å². The lowest BCUT2D eigenvalue weighted by Crippen LogP contribution is -2.32. The fourth-order valence-corrected chi connectivity index (χ4v) is 2.49. The number of methoxy groups -OCH3 is 1. The number of fused-ring (bicyclic) bond motifs is 1. The van der Waals surface area contributed by atoms with Gasteiger partial charge in [0.05, 0.1) is 0 Å². The first-order chi connectivity index (χ1) is 8.31. The summed E-state index contributed by atoms with van der Waals surface area (Å²) in [6.45, 7) is 0.869. The van der Waals surface area contributed by atoms with E-state index in [9.17, 15) is 4.79 Å². The number of ether oxygens (including phenoxy) is 1. The molecule has 3 heteroatoms. The molecule has 0 saturated carbocycles. The van der Waals surface area contributed by atoms with Crippen LogP contribution in [0.25, 0.3) is 0 Å². The molecule has 2 rings (SSSR count). The van der Waals surface area contributed by atoms with Crippen LogP contribution in [-0.2, 0) is 16.0 Å². The molecule has 1 aromatic rings. The number of benzene rings is 1. The van der Waals surface area contributed by atoms with Crippen LogP contribution in [0.1, 0.15) is 29.9 Å². The second-order valence-corrected chi connectivity index (χ2v) is 4.53. The Hall–Kier alpha value is -1.35. The van der Waals surface area contributed by atoms with Crippen molar-refractivity contribution in [2.24, 2.45) is 0 Å². The van der Waals surface area contributed by atoms with E-state index in [-0.39, 0.29) is 12.5 Å². The van der Waals surface area contributed by atoms with Gasteiger partial charge < -0.3 is 10.1 Å². The average molecular weight is 233 g/mol. The Morgan fingerprint density at radius 1 is 1.47 bits per heavy atom. The minimum Gasteiger partial charge on any atom is -0.375 e. The van der Waals surface area contributed by atoms with Gasteiger partial charge >= 0.3 is 0 Å². The molecule has 0 aliphatic heterocycles. The highest BCUT2D eigenvalue weighted by molar-refractivity contribution is 5.77. The molecule has 0 spiro atoms. The van der Waals surface area contributed by atoms with Crippen LogP contribution in [0, 0.1) is 0 Å². The van der Waals surface area contributed by atoms with Crippen LogP contribution < -0.4 is 5.32 Å². The summed E-state index contributed by atoms with van der Waals surface area (Å²) < 4.78 is 4.80. The number of amides is 1. The molecule has 1 amide bonds. The third-order valence-electron chi connectivity index (χ3n) is 3.31. The van der Waals surface area contributed by atoms with Crippen molar-refractivity contribution in [1.82, 2.24) is 5.32 Å². The molecule has 1 aromatic carbocycles. The fourth-order valence-electron chi connectivity index (χ4n) is 2.49. The zero-order chi connectivity index (χ0) is 12.1. The SMILES string of the molecule is COCC(=O)NCC1CCCc2ccccc21. The number of rotatable bonds is 4. The third-order valence-corrected chi connectivity index (χ3v) is 3.31. The van der Waals surface area contributed by atoms with Gasteiger partial charge in [0.25, 0.3) is 0 Å². The lowest BCUT2D eigenvalue weighted by atomic mass is 9.83. The summed E-state index contributed by atoms with van der Waals surface area (Å²) >= 11 is 0. The van der Waals surface area contributed by atoms with Crippen LogP contribution in [-0.4, -0.2) is 26.2 Å². The van der Waals surface area contributed by atoms with Crippen molar-refractivity contribution >= 4 is 5.91 Å². The van der Waals surface area contributed by atoms with Crippen molar-refractivity contribution < 1.29 is 9.53 Å². The first-order valence-corrected chi connectivity index (χ1v) is 6.14. The minimum atomic E-state index is -0.0319. The van der Waals surface area contributed by atoms with E-state index in [1.165, 1.54) is 31.1 Å². The van der Waals surface area contributed by atoms with Gasteiger partial charge in [0.2, 0.25) is 5.91 Å². The molecule has 1 aliphatic carbocycles. The first kappa shape index (κ1) is 12.1. The van der Waals surface area contributed by atoms with Crippen molar-refractivity contribution in [2.75, 3.05) is 20.3 Å². The van der Waals surface area contributed by atoms with Gasteiger partial charge in [-0.1, -0.05) is 24.3 Å². The van der Waals surface area contributed by atoms with Crippen molar-refractivity contribution in [1.29, 1.82) is 0 Å². The molecule has 1 N–H and O–H groups in total. The van der Waals surface area contributed by atoms with Gasteiger partial charge in [0.1, 0.15) is 6.61 Å². The molecule has 3 nitrogen and oxygen atoms in total. The minimum absolute atomic E-state index is 0.0319. The van der Waals surface area contributed by atoms with Crippen molar-refractivity contribution in [3.05, 3.63) is 35.4 Å². The normalized spacial score (nSPS) is 18.5. The summed E-state index contributed by atoms with van der Waals surface area (Å²) in [5.74, 6) is 0.427. The number of hydrogen-bond acceptors (Lipinski definition) is 2. The maximum absolute atomic E-state index is 11.4. The van der Waals surface area contributed by atoms with Crippen molar-refractivity contribution in [3.8, 4) is 0 Å². The smallest absolute Gasteiger partial charge is 0.246 e. The Morgan fingerprint density at radius 3 is 3.12 bits per heavy atom. The molecule has 0 radical (unpaired) electrons. The molecule has 0 bridgehead atoms. The second kappa shape index (κ2) is 5.82. The summed E-state index contributed by atoms with van der Waals surface area (Å²) in [6, 6.07) is 8.54. The van der Waals surface area contributed by atoms with Gasteiger partial charge in [-0.3, -0.25) is 4.79 Å². The van der Waals surface area contributed by atoms with Crippen LogP contribution in [0.2, 0.25) is 0 Å². The van der Waals surface area contributed by atoms with Crippen LogP contribution in [0.3, 0.4) is 0 Å². The third kappa shape index (κ3) is 3.07. The van der Waals surface area contributed by atoms with Crippen LogP contribution >= 0.6 is 0 Å². The Balaban J connectivity index is 1.97.